The molecule has 8 heavy (non-hydrogen) atoms. The Balaban J connectivity index is 3.00. The van der Waals surface area contributed by atoms with Gasteiger partial charge in [0.15, 0.2) is 6.29 Å². The summed E-state index contributed by atoms with van der Waals surface area (Å²) < 4.78 is 3.86. The Labute approximate surface area is 54.5 Å². The Kier molecular flexibility index (Phi) is 1.55. The van der Waals surface area contributed by atoms with Crippen LogP contribution in [0, 0.1) is 0 Å². The van der Waals surface area contributed by atoms with Crippen molar-refractivity contribution in [3.05, 3.63) is 10.3 Å². The molecule has 1 aromatic heterocycles. The molecule has 0 saturated heterocycles. The molecule has 1 rings (SSSR count). The van der Waals surface area contributed by atoms with Gasteiger partial charge in [0.2, 0.25) is 10.3 Å². The van der Waals surface area contributed by atoms with Crippen LogP contribution in [0.2, 0.25) is 4.47 Å². The number of hydrogen-bond acceptors (Lipinski definition) is 4. The van der Waals surface area contributed by atoms with Gasteiger partial charge in [-0.1, -0.05) is 0 Å². The largest absolute Gasteiger partial charge is 0.294 e. The first-order valence-electron chi connectivity index (χ1n) is 1.77. The van der Waals surface area contributed by atoms with Crippen molar-refractivity contribution in [3.63, 3.8) is 0 Å². The highest BCUT2D eigenvalue weighted by Gasteiger charge is 1.96. The maximum absolute atomic E-state index is 9.84. The van der Waals surface area contributed by atoms with Gasteiger partial charge in [-0.05, 0) is 23.1 Å². The molecule has 0 amide bonds. The summed E-state index contributed by atoms with van der Waals surface area (Å²) in [6, 6.07) is 0. The van der Waals surface area contributed by atoms with Crippen molar-refractivity contribution < 1.29 is 4.79 Å². The number of halogens is 1. The molecule has 0 aromatic carbocycles. The number of hydrogen-bond donors (Lipinski definition) is 0. The van der Waals surface area contributed by atoms with Gasteiger partial charge in [-0.2, -0.15) is 4.37 Å². The molecule has 0 unspecified atom stereocenters. The van der Waals surface area contributed by atoms with Gasteiger partial charge in [-0.25, -0.2) is 4.98 Å². The van der Waals surface area contributed by atoms with E-state index in [4.69, 9.17) is 11.6 Å². The molecule has 0 N–H and O–H groups in total. The first-order valence-corrected chi connectivity index (χ1v) is 2.92. The molecule has 0 aliphatic heterocycles. The maximum Gasteiger partial charge on any atom is 0.207 e. The van der Waals surface area contributed by atoms with E-state index in [1.54, 1.807) is 0 Å². The summed E-state index contributed by atoms with van der Waals surface area (Å²) in [5.74, 6) is 0.153. The summed E-state index contributed by atoms with van der Waals surface area (Å²) in [5.41, 5.74) is 0. The van der Waals surface area contributed by atoms with Gasteiger partial charge in [0.05, 0.1) is 0 Å². The zero-order valence-corrected chi connectivity index (χ0v) is 5.24. The molecule has 0 bridgehead atoms. The van der Waals surface area contributed by atoms with Gasteiger partial charge >= 0.3 is 0 Å². The average Bonchev–Trinajstić information content (AvgIpc) is 2.14. The van der Waals surface area contributed by atoms with E-state index in [0.29, 0.717) is 10.8 Å². The van der Waals surface area contributed by atoms with Gasteiger partial charge < -0.3 is 0 Å². The molecule has 3 nitrogen and oxygen atoms in total. The summed E-state index contributed by atoms with van der Waals surface area (Å²) in [7, 11) is 0. The number of carbonyl (C=O) groups is 1. The maximum atomic E-state index is 9.84. The topological polar surface area (TPSA) is 42.9 Å². The Bertz CT molecular complexity index is 199. The van der Waals surface area contributed by atoms with Crippen LogP contribution < -0.4 is 0 Å². The van der Waals surface area contributed by atoms with Crippen molar-refractivity contribution in [1.29, 1.82) is 0 Å². The molecule has 5 heteroatoms. The lowest BCUT2D eigenvalue weighted by atomic mass is 10.7. The monoisotopic (exact) mass is 148 g/mol. The third-order valence-corrected chi connectivity index (χ3v) is 1.33. The molecule has 0 aliphatic carbocycles. The van der Waals surface area contributed by atoms with Crippen LogP contribution in [-0.4, -0.2) is 15.6 Å². The fourth-order valence-corrected chi connectivity index (χ4v) is 0.840. The van der Waals surface area contributed by atoms with Crippen LogP contribution in [0.5, 0.6) is 0 Å². The van der Waals surface area contributed by atoms with Gasteiger partial charge in [0, 0.05) is 0 Å². The van der Waals surface area contributed by atoms with Crippen LogP contribution in [0.4, 0.5) is 0 Å². The second-order valence-corrected chi connectivity index (χ2v) is 2.36. The molecule has 0 radical (unpaired) electrons. The first-order chi connectivity index (χ1) is 3.83. The van der Waals surface area contributed by atoms with E-state index in [2.05, 4.69) is 9.36 Å². The fourth-order valence-electron chi connectivity index (χ4n) is 0.263. The van der Waals surface area contributed by atoms with Crippen molar-refractivity contribution in [1.82, 2.24) is 9.36 Å². The van der Waals surface area contributed by atoms with Gasteiger partial charge in [-0.15, -0.1) is 0 Å². The molecule has 0 aliphatic rings. The number of carbonyl (C=O) groups excluding carboxylic acids is 1. The molecular weight excluding hydrogens is 148 g/mol. The van der Waals surface area contributed by atoms with Crippen molar-refractivity contribution in [3.8, 4) is 0 Å². The van der Waals surface area contributed by atoms with Crippen LogP contribution in [0.15, 0.2) is 0 Å². The second-order valence-electron chi connectivity index (χ2n) is 1.02. The van der Waals surface area contributed by atoms with Crippen LogP contribution in [0.1, 0.15) is 10.6 Å². The zero-order valence-electron chi connectivity index (χ0n) is 3.67. The van der Waals surface area contributed by atoms with Gasteiger partial charge in [-0.3, -0.25) is 4.79 Å². The third kappa shape index (κ3) is 1.02. The van der Waals surface area contributed by atoms with E-state index in [9.17, 15) is 4.79 Å². The third-order valence-electron chi connectivity index (χ3n) is 0.522. The summed E-state index contributed by atoms with van der Waals surface area (Å²) in [5, 5.41) is 0. The van der Waals surface area contributed by atoms with Crippen LogP contribution in [0.25, 0.3) is 0 Å². The highest BCUT2D eigenvalue weighted by atomic mass is 35.5. The molecule has 1 heterocycles. The normalized spacial score (nSPS) is 9.12. The van der Waals surface area contributed by atoms with Gasteiger partial charge in [0.25, 0.3) is 0 Å². The minimum Gasteiger partial charge on any atom is -0.294 e. The summed E-state index contributed by atoms with van der Waals surface area (Å²) in [6.45, 7) is 0. The molecule has 42 valence electrons. The minimum atomic E-state index is 0.153. The van der Waals surface area contributed by atoms with Crippen molar-refractivity contribution in [2.24, 2.45) is 0 Å². The molecule has 0 fully saturated rings. The van der Waals surface area contributed by atoms with Crippen LogP contribution in [0.3, 0.4) is 0 Å². The molecule has 1 aromatic rings. The highest BCUT2D eigenvalue weighted by Crippen LogP contribution is 2.08. The fraction of sp³-hybridized carbons (Fsp3) is 0. The van der Waals surface area contributed by atoms with Crippen molar-refractivity contribution in [2.45, 2.75) is 0 Å². The van der Waals surface area contributed by atoms with Crippen LogP contribution in [-0.2, 0) is 0 Å². The standard InChI is InChI=1S/C3HClN2OS/c4-3-5-2(1-7)6-8-3/h1H. The summed E-state index contributed by atoms with van der Waals surface area (Å²) >= 11 is 6.33. The minimum absolute atomic E-state index is 0.153. The van der Waals surface area contributed by atoms with Crippen molar-refractivity contribution >= 4 is 29.4 Å². The summed E-state index contributed by atoms with van der Waals surface area (Å²) in [6.07, 6.45) is 0.558. The lowest BCUT2D eigenvalue weighted by Crippen LogP contribution is -1.78. The zero-order chi connectivity index (χ0) is 5.98. The van der Waals surface area contributed by atoms with Crippen molar-refractivity contribution in [2.75, 3.05) is 0 Å². The number of aldehydes is 1. The Hall–Kier alpha value is -0.480. The summed E-state index contributed by atoms with van der Waals surface area (Å²) in [4.78, 5) is 13.4. The van der Waals surface area contributed by atoms with E-state index < -0.39 is 0 Å². The quantitative estimate of drug-likeness (QED) is 0.558. The van der Waals surface area contributed by atoms with Crippen LogP contribution >= 0.6 is 23.1 Å². The molecular formula is C3HClN2OS. The van der Waals surface area contributed by atoms with E-state index in [1.807, 2.05) is 0 Å². The molecule has 0 atom stereocenters. The van der Waals surface area contributed by atoms with E-state index in [1.165, 1.54) is 0 Å². The molecule has 0 spiro atoms. The molecule has 0 saturated carbocycles. The Morgan fingerprint density at radius 2 is 2.50 bits per heavy atom. The second kappa shape index (κ2) is 2.19. The Morgan fingerprint density at radius 1 is 1.75 bits per heavy atom. The van der Waals surface area contributed by atoms with Gasteiger partial charge in [0.1, 0.15) is 0 Å². The number of nitrogens with zero attached hydrogens (tertiary/aromatic N) is 2. The lowest BCUT2D eigenvalue weighted by Gasteiger charge is -1.65. The predicted molar refractivity (Wildman–Crippen MR) is 30.3 cm³/mol. The highest BCUT2D eigenvalue weighted by molar-refractivity contribution is 7.10. The SMILES string of the molecule is O=Cc1nsc(Cl)n1. The lowest BCUT2D eigenvalue weighted by molar-refractivity contribution is 0.111. The average molecular weight is 149 g/mol. The first kappa shape index (κ1) is 5.65. The number of aromatic nitrogens is 2. The number of rotatable bonds is 1. The Morgan fingerprint density at radius 3 is 2.75 bits per heavy atom. The van der Waals surface area contributed by atoms with E-state index in [-0.39, 0.29) is 5.82 Å². The van der Waals surface area contributed by atoms with E-state index >= 15 is 0 Å². The van der Waals surface area contributed by atoms with E-state index in [0.717, 1.165) is 11.5 Å². The predicted octanol–water partition coefficient (Wildman–Crippen LogP) is 1.00. The smallest absolute Gasteiger partial charge is 0.207 e.